The summed E-state index contributed by atoms with van der Waals surface area (Å²) in [4.78, 5) is 18.4. The van der Waals surface area contributed by atoms with E-state index in [1.807, 2.05) is 95.8 Å². The summed E-state index contributed by atoms with van der Waals surface area (Å²) < 4.78 is 14.2. The molecule has 0 aliphatic rings. The number of hydrogen-bond donors (Lipinski definition) is 0. The van der Waals surface area contributed by atoms with E-state index in [0.717, 1.165) is 39.6 Å². The Kier molecular flexibility index (Phi) is 5.74. The zero-order chi connectivity index (χ0) is 25.4. The van der Waals surface area contributed by atoms with Gasteiger partial charge in [0.2, 0.25) is 4.96 Å². The summed E-state index contributed by atoms with van der Waals surface area (Å²) in [6.45, 7) is 0. The molecule has 3 heterocycles. The number of methoxy groups -OCH3 is 2. The Bertz CT molecular complexity index is 1800. The summed E-state index contributed by atoms with van der Waals surface area (Å²) in [6.07, 6.45) is 3.77. The van der Waals surface area contributed by atoms with Crippen molar-refractivity contribution in [2.24, 2.45) is 0 Å². The van der Waals surface area contributed by atoms with Crippen LogP contribution in [0.1, 0.15) is 5.56 Å². The SMILES string of the molecule is COc1ccc(-c2nc3sc(=Cc4cn(-c5ccccc5)nc4-c4ccc(OC)cc4)c(=O)n3n2)cc1. The van der Waals surface area contributed by atoms with Crippen molar-refractivity contribution >= 4 is 22.4 Å². The fraction of sp³-hybridized carbons (Fsp3) is 0.0714. The average molecular weight is 508 g/mol. The van der Waals surface area contributed by atoms with E-state index in [2.05, 4.69) is 10.1 Å². The number of aromatic nitrogens is 5. The van der Waals surface area contributed by atoms with Gasteiger partial charge in [0.05, 0.1) is 24.4 Å². The zero-order valence-electron chi connectivity index (χ0n) is 20.0. The van der Waals surface area contributed by atoms with Gasteiger partial charge in [-0.25, -0.2) is 4.68 Å². The third kappa shape index (κ3) is 4.25. The predicted octanol–water partition coefficient (Wildman–Crippen LogP) is 4.24. The summed E-state index contributed by atoms with van der Waals surface area (Å²) in [5.41, 5.74) is 3.99. The Morgan fingerprint density at radius 3 is 2.08 bits per heavy atom. The van der Waals surface area contributed by atoms with E-state index in [1.165, 1.54) is 15.9 Å². The van der Waals surface area contributed by atoms with E-state index in [-0.39, 0.29) is 5.56 Å². The molecule has 0 saturated heterocycles. The molecule has 6 aromatic rings. The average Bonchev–Trinajstić information content (AvgIpc) is 3.64. The Hall–Kier alpha value is -4.76. The molecule has 0 bridgehead atoms. The minimum absolute atomic E-state index is 0.222. The molecule has 9 heteroatoms. The zero-order valence-corrected chi connectivity index (χ0v) is 20.8. The monoisotopic (exact) mass is 507 g/mol. The largest absolute Gasteiger partial charge is 0.497 e. The van der Waals surface area contributed by atoms with Gasteiger partial charge >= 0.3 is 0 Å². The molecule has 37 heavy (non-hydrogen) atoms. The maximum atomic E-state index is 13.3. The van der Waals surface area contributed by atoms with Gasteiger partial charge < -0.3 is 9.47 Å². The Balaban J connectivity index is 1.45. The van der Waals surface area contributed by atoms with Gasteiger partial charge in [-0.05, 0) is 66.7 Å². The molecular weight excluding hydrogens is 486 g/mol. The number of ether oxygens (including phenoxy) is 2. The lowest BCUT2D eigenvalue weighted by atomic mass is 10.1. The second-order valence-corrected chi connectivity index (χ2v) is 9.22. The number of thiazole rings is 1. The molecule has 0 amide bonds. The predicted molar refractivity (Wildman–Crippen MR) is 143 cm³/mol. The molecular formula is C28H21N5O3S. The molecule has 0 saturated carbocycles. The third-order valence-electron chi connectivity index (χ3n) is 5.94. The van der Waals surface area contributed by atoms with Crippen LogP contribution in [0.15, 0.2) is 89.9 Å². The topological polar surface area (TPSA) is 83.5 Å². The van der Waals surface area contributed by atoms with E-state index in [4.69, 9.17) is 14.6 Å². The molecule has 0 atom stereocenters. The van der Waals surface area contributed by atoms with Crippen molar-refractivity contribution in [1.29, 1.82) is 0 Å². The van der Waals surface area contributed by atoms with Crippen molar-refractivity contribution in [3.63, 3.8) is 0 Å². The summed E-state index contributed by atoms with van der Waals surface area (Å²) in [6, 6.07) is 25.0. The summed E-state index contributed by atoms with van der Waals surface area (Å²) in [7, 11) is 3.25. The van der Waals surface area contributed by atoms with E-state index in [1.54, 1.807) is 14.2 Å². The maximum Gasteiger partial charge on any atom is 0.291 e. The second-order valence-electron chi connectivity index (χ2n) is 8.22. The van der Waals surface area contributed by atoms with Crippen molar-refractivity contribution in [3.8, 4) is 39.8 Å². The summed E-state index contributed by atoms with van der Waals surface area (Å²) in [5, 5.41) is 9.30. The lowest BCUT2D eigenvalue weighted by Crippen LogP contribution is -2.23. The van der Waals surface area contributed by atoms with Gasteiger partial charge in [-0.1, -0.05) is 29.5 Å². The summed E-state index contributed by atoms with van der Waals surface area (Å²) >= 11 is 1.30. The van der Waals surface area contributed by atoms with Gasteiger partial charge in [-0.3, -0.25) is 4.79 Å². The van der Waals surface area contributed by atoms with Crippen molar-refractivity contribution in [1.82, 2.24) is 24.4 Å². The third-order valence-corrected chi connectivity index (χ3v) is 6.90. The quantitative estimate of drug-likeness (QED) is 0.335. The number of benzene rings is 3. The molecule has 0 fully saturated rings. The normalized spacial score (nSPS) is 11.8. The number of fused-ring (bicyclic) bond motifs is 1. The van der Waals surface area contributed by atoms with Crippen molar-refractivity contribution in [3.05, 3.63) is 106 Å². The first-order chi connectivity index (χ1) is 18.1. The molecule has 0 radical (unpaired) electrons. The molecule has 0 aliphatic heterocycles. The fourth-order valence-corrected chi connectivity index (χ4v) is 4.92. The first-order valence-electron chi connectivity index (χ1n) is 11.5. The van der Waals surface area contributed by atoms with Crippen LogP contribution in [0, 0.1) is 0 Å². The van der Waals surface area contributed by atoms with Gasteiger partial charge in [0, 0.05) is 22.9 Å². The van der Waals surface area contributed by atoms with E-state index in [9.17, 15) is 4.79 Å². The highest BCUT2D eigenvalue weighted by atomic mass is 32.1. The maximum absolute atomic E-state index is 13.3. The van der Waals surface area contributed by atoms with E-state index >= 15 is 0 Å². The standard InChI is InChI=1S/C28H21N5O3S/c1-35-22-12-8-18(9-13-22)25-20(17-32(30-25)21-6-4-3-5-7-21)16-24-27(34)33-28(37-24)29-26(31-33)19-10-14-23(36-2)15-11-19/h3-17H,1-2H3. The highest BCUT2D eigenvalue weighted by molar-refractivity contribution is 7.15. The number of rotatable bonds is 6. The minimum Gasteiger partial charge on any atom is -0.497 e. The first-order valence-corrected chi connectivity index (χ1v) is 12.3. The highest BCUT2D eigenvalue weighted by Gasteiger charge is 2.15. The number of hydrogen-bond acceptors (Lipinski definition) is 7. The van der Waals surface area contributed by atoms with E-state index in [0.29, 0.717) is 15.3 Å². The van der Waals surface area contributed by atoms with Gasteiger partial charge in [0.1, 0.15) is 17.2 Å². The number of para-hydroxylation sites is 1. The van der Waals surface area contributed by atoms with Crippen LogP contribution in [0.4, 0.5) is 0 Å². The molecule has 0 N–H and O–H groups in total. The van der Waals surface area contributed by atoms with Gasteiger partial charge in [0.25, 0.3) is 5.56 Å². The first kappa shape index (κ1) is 22.7. The van der Waals surface area contributed by atoms with Crippen LogP contribution in [-0.2, 0) is 0 Å². The van der Waals surface area contributed by atoms with E-state index < -0.39 is 0 Å². The molecule has 6 rings (SSSR count). The minimum atomic E-state index is -0.222. The van der Waals surface area contributed by atoms with Crippen molar-refractivity contribution in [2.75, 3.05) is 14.2 Å². The molecule has 0 aliphatic carbocycles. The number of nitrogens with zero attached hydrogens (tertiary/aromatic N) is 5. The van der Waals surface area contributed by atoms with Gasteiger partial charge in [-0.2, -0.15) is 14.6 Å². The van der Waals surface area contributed by atoms with Crippen LogP contribution < -0.4 is 19.6 Å². The van der Waals surface area contributed by atoms with Gasteiger partial charge in [-0.15, -0.1) is 5.10 Å². The smallest absolute Gasteiger partial charge is 0.291 e. The van der Waals surface area contributed by atoms with Crippen LogP contribution in [0.25, 0.3) is 39.4 Å². The molecule has 182 valence electrons. The van der Waals surface area contributed by atoms with Crippen LogP contribution >= 0.6 is 11.3 Å². The fourth-order valence-electron chi connectivity index (χ4n) is 4.02. The summed E-state index contributed by atoms with van der Waals surface area (Å²) in [5.74, 6) is 2.00. The molecule has 0 unspecified atom stereocenters. The molecule has 0 spiro atoms. The second kappa shape index (κ2) is 9.36. The van der Waals surface area contributed by atoms with Gasteiger partial charge in [0.15, 0.2) is 5.82 Å². The van der Waals surface area contributed by atoms with Crippen LogP contribution in [-0.4, -0.2) is 38.6 Å². The Morgan fingerprint density at radius 2 is 1.46 bits per heavy atom. The van der Waals surface area contributed by atoms with Crippen LogP contribution in [0.3, 0.4) is 0 Å². The van der Waals surface area contributed by atoms with Crippen molar-refractivity contribution < 1.29 is 9.47 Å². The van der Waals surface area contributed by atoms with Crippen molar-refractivity contribution in [2.45, 2.75) is 0 Å². The Morgan fingerprint density at radius 1 is 0.811 bits per heavy atom. The molecule has 3 aromatic carbocycles. The Labute approximate surface area is 215 Å². The lowest BCUT2D eigenvalue weighted by Gasteiger charge is -2.02. The lowest BCUT2D eigenvalue weighted by molar-refractivity contribution is 0.415. The van der Waals surface area contributed by atoms with Crippen LogP contribution in [0.5, 0.6) is 11.5 Å². The van der Waals surface area contributed by atoms with Crippen LogP contribution in [0.2, 0.25) is 0 Å². The highest BCUT2D eigenvalue weighted by Crippen LogP contribution is 2.26. The molecule has 3 aromatic heterocycles. The molecule has 8 nitrogen and oxygen atoms in total.